The standard InChI is InChI=1S/C14H18FNO2/c15-11-1-2-14-9(5-11)6-12(18-14)7-10-8-16-4-3-13(10)17/h1-2,5,10,12-13,16-17H,3-4,6-8H2. The molecule has 0 saturated carbocycles. The second-order valence-corrected chi connectivity index (χ2v) is 5.25. The average Bonchev–Trinajstić information content (AvgIpc) is 2.73. The number of hydrogen-bond acceptors (Lipinski definition) is 3. The minimum atomic E-state index is -0.240. The van der Waals surface area contributed by atoms with Gasteiger partial charge in [0.05, 0.1) is 6.10 Å². The Labute approximate surface area is 106 Å². The molecule has 98 valence electrons. The molecule has 1 aromatic rings. The average molecular weight is 251 g/mol. The van der Waals surface area contributed by atoms with Crippen molar-refractivity contribution in [3.8, 4) is 5.75 Å². The van der Waals surface area contributed by atoms with E-state index in [-0.39, 0.29) is 23.9 Å². The lowest BCUT2D eigenvalue weighted by molar-refractivity contribution is 0.0526. The molecule has 0 spiro atoms. The topological polar surface area (TPSA) is 41.5 Å². The third-order valence-electron chi connectivity index (χ3n) is 3.90. The maximum Gasteiger partial charge on any atom is 0.123 e. The Kier molecular flexibility index (Phi) is 3.22. The molecule has 0 aromatic heterocycles. The van der Waals surface area contributed by atoms with Crippen LogP contribution in [0.25, 0.3) is 0 Å². The van der Waals surface area contributed by atoms with Gasteiger partial charge in [-0.05, 0) is 37.6 Å². The van der Waals surface area contributed by atoms with Crippen molar-refractivity contribution in [3.63, 3.8) is 0 Å². The van der Waals surface area contributed by atoms with Crippen LogP contribution in [0.2, 0.25) is 0 Å². The summed E-state index contributed by atoms with van der Waals surface area (Å²) in [6, 6.07) is 4.67. The highest BCUT2D eigenvalue weighted by Gasteiger charge is 2.30. The summed E-state index contributed by atoms with van der Waals surface area (Å²) in [5.41, 5.74) is 0.943. The van der Waals surface area contributed by atoms with E-state index in [0.29, 0.717) is 0 Å². The number of piperidine rings is 1. The van der Waals surface area contributed by atoms with Gasteiger partial charge in [0.2, 0.25) is 0 Å². The molecule has 1 aromatic carbocycles. The van der Waals surface area contributed by atoms with Crippen LogP contribution in [0.5, 0.6) is 5.75 Å². The summed E-state index contributed by atoms with van der Waals surface area (Å²) in [6.07, 6.45) is 2.20. The van der Waals surface area contributed by atoms with E-state index in [2.05, 4.69) is 5.32 Å². The van der Waals surface area contributed by atoms with E-state index in [4.69, 9.17) is 4.74 Å². The highest BCUT2D eigenvalue weighted by Crippen LogP contribution is 2.32. The lowest BCUT2D eigenvalue weighted by atomic mass is 9.89. The second-order valence-electron chi connectivity index (χ2n) is 5.25. The molecule has 2 aliphatic rings. The molecule has 1 fully saturated rings. The van der Waals surface area contributed by atoms with E-state index in [9.17, 15) is 9.50 Å². The fraction of sp³-hybridized carbons (Fsp3) is 0.571. The summed E-state index contributed by atoms with van der Waals surface area (Å²) in [7, 11) is 0. The van der Waals surface area contributed by atoms with E-state index in [1.165, 1.54) is 6.07 Å². The number of hydrogen-bond donors (Lipinski definition) is 2. The van der Waals surface area contributed by atoms with Crippen molar-refractivity contribution in [3.05, 3.63) is 29.6 Å². The maximum atomic E-state index is 13.1. The summed E-state index contributed by atoms with van der Waals surface area (Å²) >= 11 is 0. The number of benzene rings is 1. The maximum absolute atomic E-state index is 13.1. The lowest BCUT2D eigenvalue weighted by Crippen LogP contribution is -2.41. The van der Waals surface area contributed by atoms with Gasteiger partial charge in [-0.3, -0.25) is 0 Å². The van der Waals surface area contributed by atoms with E-state index in [0.717, 1.165) is 43.7 Å². The van der Waals surface area contributed by atoms with Crippen LogP contribution in [0.1, 0.15) is 18.4 Å². The van der Waals surface area contributed by atoms with Gasteiger partial charge in [0.25, 0.3) is 0 Å². The van der Waals surface area contributed by atoms with E-state index in [1.807, 2.05) is 0 Å². The molecule has 2 N–H and O–H groups in total. The van der Waals surface area contributed by atoms with Gasteiger partial charge in [-0.25, -0.2) is 4.39 Å². The van der Waals surface area contributed by atoms with Crippen LogP contribution in [-0.4, -0.2) is 30.4 Å². The van der Waals surface area contributed by atoms with Crippen molar-refractivity contribution in [2.45, 2.75) is 31.5 Å². The van der Waals surface area contributed by atoms with Crippen LogP contribution in [0.4, 0.5) is 4.39 Å². The number of ether oxygens (including phenoxy) is 1. The van der Waals surface area contributed by atoms with Crippen LogP contribution < -0.4 is 10.1 Å². The summed E-state index contributed by atoms with van der Waals surface area (Å²) in [5, 5.41) is 13.2. The molecule has 3 atom stereocenters. The highest BCUT2D eigenvalue weighted by molar-refractivity contribution is 5.37. The van der Waals surface area contributed by atoms with Crippen LogP contribution >= 0.6 is 0 Å². The molecule has 3 rings (SSSR count). The third kappa shape index (κ3) is 2.35. The fourth-order valence-corrected chi connectivity index (χ4v) is 2.91. The van der Waals surface area contributed by atoms with Crippen LogP contribution in [-0.2, 0) is 6.42 Å². The molecule has 0 amide bonds. The van der Waals surface area contributed by atoms with Gasteiger partial charge < -0.3 is 15.2 Å². The Bertz CT molecular complexity index is 438. The number of nitrogens with one attached hydrogen (secondary N) is 1. The SMILES string of the molecule is OC1CCNCC1CC1Cc2cc(F)ccc2O1. The molecular weight excluding hydrogens is 233 g/mol. The molecular formula is C14H18FNO2. The van der Waals surface area contributed by atoms with Crippen molar-refractivity contribution >= 4 is 0 Å². The van der Waals surface area contributed by atoms with Crippen molar-refractivity contribution in [1.29, 1.82) is 0 Å². The zero-order chi connectivity index (χ0) is 12.5. The van der Waals surface area contributed by atoms with Gasteiger partial charge in [-0.2, -0.15) is 0 Å². The lowest BCUT2D eigenvalue weighted by Gasteiger charge is -2.30. The van der Waals surface area contributed by atoms with Gasteiger partial charge in [0.15, 0.2) is 0 Å². The summed E-state index contributed by atoms with van der Waals surface area (Å²) in [4.78, 5) is 0. The Morgan fingerprint density at radius 2 is 2.33 bits per heavy atom. The van der Waals surface area contributed by atoms with E-state index < -0.39 is 0 Å². The van der Waals surface area contributed by atoms with E-state index in [1.54, 1.807) is 12.1 Å². The fourth-order valence-electron chi connectivity index (χ4n) is 2.91. The Hall–Kier alpha value is -1.13. The van der Waals surface area contributed by atoms with Crippen molar-refractivity contribution < 1.29 is 14.2 Å². The highest BCUT2D eigenvalue weighted by atomic mass is 19.1. The molecule has 4 heteroatoms. The van der Waals surface area contributed by atoms with Gasteiger partial charge >= 0.3 is 0 Å². The normalized spacial score (nSPS) is 30.9. The molecule has 1 saturated heterocycles. The molecule has 2 aliphatic heterocycles. The number of fused-ring (bicyclic) bond motifs is 1. The molecule has 2 heterocycles. The summed E-state index contributed by atoms with van der Waals surface area (Å²) in [5.74, 6) is 0.819. The first-order chi connectivity index (χ1) is 8.72. The van der Waals surface area contributed by atoms with Crippen LogP contribution in [0.15, 0.2) is 18.2 Å². The molecule has 0 aliphatic carbocycles. The Morgan fingerprint density at radius 1 is 1.44 bits per heavy atom. The zero-order valence-corrected chi connectivity index (χ0v) is 10.2. The largest absolute Gasteiger partial charge is 0.490 e. The number of rotatable bonds is 2. The monoisotopic (exact) mass is 251 g/mol. The number of aliphatic hydroxyl groups excluding tert-OH is 1. The first-order valence-electron chi connectivity index (χ1n) is 6.56. The van der Waals surface area contributed by atoms with Crippen molar-refractivity contribution in [1.82, 2.24) is 5.32 Å². The van der Waals surface area contributed by atoms with Gasteiger partial charge in [-0.1, -0.05) is 0 Å². The molecule has 3 nitrogen and oxygen atoms in total. The molecule has 0 bridgehead atoms. The van der Waals surface area contributed by atoms with Gasteiger partial charge in [-0.15, -0.1) is 0 Å². The molecule has 0 radical (unpaired) electrons. The van der Waals surface area contributed by atoms with Crippen LogP contribution in [0, 0.1) is 11.7 Å². The van der Waals surface area contributed by atoms with E-state index >= 15 is 0 Å². The minimum Gasteiger partial charge on any atom is -0.490 e. The molecule has 18 heavy (non-hydrogen) atoms. The molecule has 3 unspecified atom stereocenters. The Balaban J connectivity index is 1.63. The zero-order valence-electron chi connectivity index (χ0n) is 10.2. The predicted molar refractivity (Wildman–Crippen MR) is 66.1 cm³/mol. The predicted octanol–water partition coefficient (Wildman–Crippen LogP) is 1.49. The van der Waals surface area contributed by atoms with Crippen molar-refractivity contribution in [2.75, 3.05) is 13.1 Å². The van der Waals surface area contributed by atoms with Crippen molar-refractivity contribution in [2.24, 2.45) is 5.92 Å². The summed E-state index contributed by atoms with van der Waals surface area (Å²) in [6.45, 7) is 1.72. The quantitative estimate of drug-likeness (QED) is 0.836. The number of aliphatic hydroxyl groups is 1. The van der Waals surface area contributed by atoms with Gasteiger partial charge in [0, 0.05) is 24.4 Å². The first-order valence-corrected chi connectivity index (χ1v) is 6.56. The van der Waals surface area contributed by atoms with Gasteiger partial charge in [0.1, 0.15) is 17.7 Å². The second kappa shape index (κ2) is 4.86. The number of halogens is 1. The van der Waals surface area contributed by atoms with Crippen LogP contribution in [0.3, 0.4) is 0 Å². The smallest absolute Gasteiger partial charge is 0.123 e. The third-order valence-corrected chi connectivity index (χ3v) is 3.90. The summed E-state index contributed by atoms with van der Waals surface area (Å²) < 4.78 is 18.9. The minimum absolute atomic E-state index is 0.0707. The first kappa shape index (κ1) is 11.9. The Morgan fingerprint density at radius 3 is 3.17 bits per heavy atom.